The van der Waals surface area contributed by atoms with Gasteiger partial charge in [-0.2, -0.15) is 0 Å². The normalized spacial score (nSPS) is 27.1. The number of benzene rings is 1. The minimum Gasteiger partial charge on any atom is -0.481 e. The maximum atomic E-state index is 13.6. The van der Waals surface area contributed by atoms with Crippen LogP contribution in [0.1, 0.15) is 44.9 Å². The van der Waals surface area contributed by atoms with Gasteiger partial charge in [0.2, 0.25) is 5.91 Å². The maximum absolute atomic E-state index is 13.6. The van der Waals surface area contributed by atoms with Crippen LogP contribution >= 0.6 is 11.6 Å². The number of aliphatic carboxylic acids is 1. The van der Waals surface area contributed by atoms with E-state index in [9.17, 15) is 19.1 Å². The van der Waals surface area contributed by atoms with Crippen molar-refractivity contribution >= 4 is 29.2 Å². The van der Waals surface area contributed by atoms with Crippen molar-refractivity contribution < 1.29 is 19.1 Å². The molecule has 7 heteroatoms. The van der Waals surface area contributed by atoms with Crippen molar-refractivity contribution in [3.05, 3.63) is 29.0 Å². The van der Waals surface area contributed by atoms with E-state index in [1.54, 1.807) is 6.07 Å². The van der Waals surface area contributed by atoms with E-state index in [2.05, 4.69) is 5.32 Å². The number of amides is 1. The summed E-state index contributed by atoms with van der Waals surface area (Å²) >= 11 is 5.90. The summed E-state index contributed by atoms with van der Waals surface area (Å²) in [6.45, 7) is 0.651. The standard InChI is InChI=1S/C19H24ClFN2O3/c20-13-9-14(21)11-15(10-13)22-17-6-1-2-7-23(18(17)24)16-5-3-4-12(8-16)19(25)26/h9-12,16-17,22H,1-8H2,(H,25,26)/t12?,16?,17-/m1/s1. The Morgan fingerprint density at radius 3 is 2.73 bits per heavy atom. The topological polar surface area (TPSA) is 69.6 Å². The molecule has 2 unspecified atom stereocenters. The molecule has 2 fully saturated rings. The lowest BCUT2D eigenvalue weighted by Gasteiger charge is -2.37. The molecule has 1 aliphatic heterocycles. The zero-order chi connectivity index (χ0) is 18.7. The second kappa shape index (κ2) is 8.25. The number of carbonyl (C=O) groups is 2. The Morgan fingerprint density at radius 2 is 2.00 bits per heavy atom. The van der Waals surface area contributed by atoms with Gasteiger partial charge in [0, 0.05) is 23.3 Å². The van der Waals surface area contributed by atoms with Crippen molar-refractivity contribution in [3.8, 4) is 0 Å². The van der Waals surface area contributed by atoms with Gasteiger partial charge in [0.1, 0.15) is 11.9 Å². The van der Waals surface area contributed by atoms with E-state index in [4.69, 9.17) is 11.6 Å². The van der Waals surface area contributed by atoms with E-state index in [0.717, 1.165) is 25.7 Å². The van der Waals surface area contributed by atoms with Gasteiger partial charge in [-0.1, -0.05) is 18.0 Å². The van der Waals surface area contributed by atoms with Crippen LogP contribution in [0.3, 0.4) is 0 Å². The van der Waals surface area contributed by atoms with Crippen LogP contribution in [-0.2, 0) is 9.59 Å². The number of nitrogens with one attached hydrogen (secondary N) is 1. The summed E-state index contributed by atoms with van der Waals surface area (Å²) in [7, 11) is 0. The van der Waals surface area contributed by atoms with Crippen molar-refractivity contribution in [1.29, 1.82) is 0 Å². The monoisotopic (exact) mass is 382 g/mol. The summed E-state index contributed by atoms with van der Waals surface area (Å²) in [5, 5.41) is 12.7. The molecule has 0 bridgehead atoms. The molecular weight excluding hydrogens is 359 g/mol. The zero-order valence-corrected chi connectivity index (χ0v) is 15.3. The Morgan fingerprint density at radius 1 is 1.19 bits per heavy atom. The molecule has 2 aliphatic rings. The quantitative estimate of drug-likeness (QED) is 0.828. The number of carboxylic acids is 1. The molecule has 0 spiro atoms. The summed E-state index contributed by atoms with van der Waals surface area (Å²) in [6.07, 6.45) is 5.30. The third-order valence-corrected chi connectivity index (χ3v) is 5.58. The number of carbonyl (C=O) groups excluding carboxylic acids is 1. The molecular formula is C19H24ClFN2O3. The van der Waals surface area contributed by atoms with Crippen molar-refractivity contribution in [3.63, 3.8) is 0 Å². The van der Waals surface area contributed by atoms with Crippen LogP contribution in [0.5, 0.6) is 0 Å². The predicted octanol–water partition coefficient (Wildman–Crippen LogP) is 3.92. The summed E-state index contributed by atoms with van der Waals surface area (Å²) < 4.78 is 13.6. The molecule has 3 atom stereocenters. The smallest absolute Gasteiger partial charge is 0.306 e. The van der Waals surface area contributed by atoms with E-state index < -0.39 is 17.8 Å². The number of likely N-dealkylation sites (tertiary alicyclic amines) is 1. The molecule has 0 radical (unpaired) electrons. The van der Waals surface area contributed by atoms with E-state index in [-0.39, 0.29) is 22.9 Å². The van der Waals surface area contributed by atoms with Gasteiger partial charge in [0.25, 0.3) is 0 Å². The second-order valence-electron chi connectivity index (χ2n) is 7.24. The predicted molar refractivity (Wildman–Crippen MR) is 97.8 cm³/mol. The fourth-order valence-corrected chi connectivity index (χ4v) is 4.29. The molecule has 5 nitrogen and oxygen atoms in total. The number of halogens is 2. The Hall–Kier alpha value is -1.82. The van der Waals surface area contributed by atoms with Crippen LogP contribution in [0.15, 0.2) is 18.2 Å². The van der Waals surface area contributed by atoms with Gasteiger partial charge in [-0.3, -0.25) is 9.59 Å². The molecule has 2 N–H and O–H groups in total. The third kappa shape index (κ3) is 4.47. The average Bonchev–Trinajstić information content (AvgIpc) is 2.76. The van der Waals surface area contributed by atoms with E-state index >= 15 is 0 Å². The van der Waals surface area contributed by atoms with Crippen LogP contribution in [0.25, 0.3) is 0 Å². The Bertz CT molecular complexity index is 664. The molecule has 1 aromatic rings. The molecule has 1 saturated carbocycles. The summed E-state index contributed by atoms with van der Waals surface area (Å²) in [4.78, 5) is 26.3. The SMILES string of the molecule is O=C(O)C1CCCC(N2CCCC[C@@H](Nc3cc(F)cc(Cl)c3)C2=O)C1. The number of hydrogen-bond donors (Lipinski definition) is 2. The summed E-state index contributed by atoms with van der Waals surface area (Å²) in [6, 6.07) is 3.68. The van der Waals surface area contributed by atoms with Gasteiger partial charge in [-0.15, -0.1) is 0 Å². The Balaban J connectivity index is 1.73. The lowest BCUT2D eigenvalue weighted by atomic mass is 9.84. The number of nitrogens with zero attached hydrogens (tertiary/aromatic N) is 1. The zero-order valence-electron chi connectivity index (χ0n) is 14.6. The van der Waals surface area contributed by atoms with E-state index in [1.165, 1.54) is 12.1 Å². The highest BCUT2D eigenvalue weighted by Gasteiger charge is 2.36. The minimum absolute atomic E-state index is 0.0288. The van der Waals surface area contributed by atoms with Crippen LogP contribution in [0.4, 0.5) is 10.1 Å². The Kier molecular flexibility index (Phi) is 6.01. The molecule has 1 aliphatic carbocycles. The first-order chi connectivity index (χ1) is 12.4. The summed E-state index contributed by atoms with van der Waals surface area (Å²) in [5.41, 5.74) is 0.488. The molecule has 142 valence electrons. The first-order valence-corrected chi connectivity index (χ1v) is 9.58. The van der Waals surface area contributed by atoms with E-state index in [1.807, 2.05) is 4.90 Å². The van der Waals surface area contributed by atoms with Gasteiger partial charge in [-0.25, -0.2) is 4.39 Å². The molecule has 26 heavy (non-hydrogen) atoms. The van der Waals surface area contributed by atoms with Gasteiger partial charge in [0.15, 0.2) is 0 Å². The van der Waals surface area contributed by atoms with Crippen LogP contribution in [0.2, 0.25) is 5.02 Å². The highest BCUT2D eigenvalue weighted by Crippen LogP contribution is 2.30. The molecule has 1 amide bonds. The number of carboxylic acid groups (broad SMARTS) is 1. The molecule has 1 saturated heterocycles. The lowest BCUT2D eigenvalue weighted by Crippen LogP contribution is -2.49. The van der Waals surface area contributed by atoms with Crippen LogP contribution in [-0.4, -0.2) is 40.5 Å². The first kappa shape index (κ1) is 19.0. The number of anilines is 1. The first-order valence-electron chi connectivity index (χ1n) is 9.20. The van der Waals surface area contributed by atoms with Gasteiger partial charge < -0.3 is 15.3 Å². The largest absolute Gasteiger partial charge is 0.481 e. The fourth-order valence-electron chi connectivity index (χ4n) is 4.07. The molecule has 1 aromatic carbocycles. The number of rotatable bonds is 4. The van der Waals surface area contributed by atoms with Crippen LogP contribution < -0.4 is 5.32 Å². The van der Waals surface area contributed by atoms with Gasteiger partial charge in [0.05, 0.1) is 5.92 Å². The lowest BCUT2D eigenvalue weighted by molar-refractivity contribution is -0.145. The average molecular weight is 383 g/mol. The van der Waals surface area contributed by atoms with Crippen LogP contribution in [0, 0.1) is 11.7 Å². The van der Waals surface area contributed by atoms with Gasteiger partial charge in [-0.05, 0) is 56.7 Å². The molecule has 3 rings (SSSR count). The molecule has 0 aromatic heterocycles. The van der Waals surface area contributed by atoms with Crippen molar-refractivity contribution in [2.45, 2.75) is 57.0 Å². The van der Waals surface area contributed by atoms with Crippen molar-refractivity contribution in [2.24, 2.45) is 5.92 Å². The summed E-state index contributed by atoms with van der Waals surface area (Å²) in [5.74, 6) is -1.63. The minimum atomic E-state index is -0.777. The van der Waals surface area contributed by atoms with Gasteiger partial charge >= 0.3 is 5.97 Å². The second-order valence-corrected chi connectivity index (χ2v) is 7.67. The molecule has 1 heterocycles. The third-order valence-electron chi connectivity index (χ3n) is 5.36. The highest BCUT2D eigenvalue weighted by atomic mass is 35.5. The fraction of sp³-hybridized carbons (Fsp3) is 0.579. The van der Waals surface area contributed by atoms with Crippen molar-refractivity contribution in [1.82, 2.24) is 4.90 Å². The highest BCUT2D eigenvalue weighted by molar-refractivity contribution is 6.30. The van der Waals surface area contributed by atoms with Crippen molar-refractivity contribution in [2.75, 3.05) is 11.9 Å². The maximum Gasteiger partial charge on any atom is 0.306 e. The van der Waals surface area contributed by atoms with E-state index in [0.29, 0.717) is 31.5 Å². The number of hydrogen-bond acceptors (Lipinski definition) is 3. The Labute approximate surface area is 157 Å².